The molecule has 3 aromatic rings. The number of carbonyl (C=O) groups is 4. The molecule has 0 amide bonds. The molecule has 0 radical (unpaired) electrons. The monoisotopic (exact) mass is 685 g/mol. The summed E-state index contributed by atoms with van der Waals surface area (Å²) in [6.07, 6.45) is -4.72. The van der Waals surface area contributed by atoms with Crippen molar-refractivity contribution in [1.82, 2.24) is 4.90 Å². The molecule has 2 heterocycles. The number of likely N-dealkylation sites (N-methyl/N-ethyl adjacent to an activating group) is 1. The zero-order chi connectivity index (χ0) is 35.4. The number of likely N-dealkylation sites (tertiary alicyclic amines) is 1. The lowest BCUT2D eigenvalue weighted by Crippen LogP contribution is -2.74. The Labute approximate surface area is 286 Å². The van der Waals surface area contributed by atoms with Gasteiger partial charge in [-0.2, -0.15) is 0 Å². The van der Waals surface area contributed by atoms with Crippen LogP contribution in [0.3, 0.4) is 0 Å². The first kappa shape index (κ1) is 33.3. The molecule has 4 aliphatic rings. The van der Waals surface area contributed by atoms with E-state index in [9.17, 15) is 39.6 Å². The Kier molecular flexibility index (Phi) is 8.37. The molecule has 260 valence electrons. The highest BCUT2D eigenvalue weighted by Crippen LogP contribution is 2.65. The minimum absolute atomic E-state index is 0.0326. The first-order valence-electron chi connectivity index (χ1n) is 16.2. The van der Waals surface area contributed by atoms with Crippen LogP contribution in [-0.4, -0.2) is 86.6 Å². The molecule has 0 aromatic heterocycles. The van der Waals surface area contributed by atoms with Crippen LogP contribution >= 0.6 is 0 Å². The van der Waals surface area contributed by atoms with Crippen molar-refractivity contribution in [2.45, 2.75) is 67.2 Å². The Balaban J connectivity index is 1.07. The lowest BCUT2D eigenvalue weighted by atomic mass is 9.50. The van der Waals surface area contributed by atoms with Crippen LogP contribution in [0, 0.1) is 0 Å². The van der Waals surface area contributed by atoms with E-state index in [1.54, 1.807) is 42.5 Å². The zero-order valence-electron chi connectivity index (χ0n) is 26.9. The quantitative estimate of drug-likeness (QED) is 0.180. The van der Waals surface area contributed by atoms with Gasteiger partial charge in [0.05, 0.1) is 17.4 Å². The molecule has 2 bridgehead atoms. The van der Waals surface area contributed by atoms with Crippen LogP contribution in [0.15, 0.2) is 84.6 Å². The summed E-state index contributed by atoms with van der Waals surface area (Å²) in [4.78, 5) is 53.7. The van der Waals surface area contributed by atoms with E-state index in [0.717, 1.165) is 5.56 Å². The van der Waals surface area contributed by atoms with Crippen LogP contribution in [-0.2, 0) is 45.2 Å². The minimum atomic E-state index is -2.03. The predicted octanol–water partition coefficient (Wildman–Crippen LogP) is 2.62. The molecule has 3 aromatic carbocycles. The van der Waals surface area contributed by atoms with Crippen LogP contribution in [0.5, 0.6) is 11.5 Å². The van der Waals surface area contributed by atoms with Crippen molar-refractivity contribution in [3.63, 3.8) is 0 Å². The first-order valence-corrected chi connectivity index (χ1v) is 16.2. The summed E-state index contributed by atoms with van der Waals surface area (Å²) in [6, 6.07) is 18.6. The largest absolute Gasteiger partial charge is 0.504 e. The van der Waals surface area contributed by atoms with Gasteiger partial charge in [-0.15, -0.1) is 0 Å². The van der Waals surface area contributed by atoms with Crippen molar-refractivity contribution in [2.24, 2.45) is 0 Å². The molecule has 1 spiro atoms. The van der Waals surface area contributed by atoms with Crippen LogP contribution in [0.4, 0.5) is 0 Å². The van der Waals surface area contributed by atoms with E-state index >= 15 is 0 Å². The number of phenols is 1. The Morgan fingerprint density at radius 2 is 1.60 bits per heavy atom. The van der Waals surface area contributed by atoms with Gasteiger partial charge in [0, 0.05) is 29.2 Å². The van der Waals surface area contributed by atoms with Crippen molar-refractivity contribution in [3.05, 3.63) is 107 Å². The van der Waals surface area contributed by atoms with Crippen LogP contribution < -0.4 is 4.74 Å². The fraction of sp³-hybridized carbons (Fsp3) is 0.351. The topological polar surface area (TPSA) is 189 Å². The fourth-order valence-electron chi connectivity index (χ4n) is 7.99. The number of nitrogens with zero attached hydrogens (tertiary/aromatic N) is 1. The number of aliphatic hydroxyl groups excluding tert-OH is 1. The Hall–Kier alpha value is -5.24. The first-order chi connectivity index (χ1) is 23.9. The van der Waals surface area contributed by atoms with E-state index < -0.39 is 65.7 Å². The van der Waals surface area contributed by atoms with E-state index in [1.807, 2.05) is 13.1 Å². The third-order valence-corrected chi connectivity index (χ3v) is 10.3. The molecule has 2 aliphatic carbocycles. The molecular formula is C37H35NO12. The number of hydrogen-bond acceptors (Lipinski definition) is 12. The second-order valence-corrected chi connectivity index (χ2v) is 13.1. The molecule has 0 unspecified atom stereocenters. The smallest absolute Gasteiger partial charge is 0.353 e. The molecule has 13 heteroatoms. The van der Waals surface area contributed by atoms with E-state index in [0.29, 0.717) is 24.9 Å². The van der Waals surface area contributed by atoms with Gasteiger partial charge in [-0.05, 0) is 44.1 Å². The highest BCUT2D eigenvalue weighted by molar-refractivity contribution is 5.86. The molecule has 4 N–H and O–H groups in total. The maximum atomic E-state index is 13.3. The van der Waals surface area contributed by atoms with Crippen LogP contribution in [0.1, 0.15) is 53.7 Å². The molecule has 13 nitrogen and oxygen atoms in total. The van der Waals surface area contributed by atoms with Crippen LogP contribution in [0.2, 0.25) is 0 Å². The summed E-state index contributed by atoms with van der Waals surface area (Å²) in [5.41, 5.74) is -0.362. The molecule has 50 heavy (non-hydrogen) atoms. The van der Waals surface area contributed by atoms with Crippen molar-refractivity contribution >= 4 is 23.9 Å². The number of carboxylic acids is 1. The second-order valence-electron chi connectivity index (χ2n) is 13.1. The molecule has 0 saturated carbocycles. The van der Waals surface area contributed by atoms with Crippen molar-refractivity contribution in [2.75, 3.05) is 13.6 Å². The maximum Gasteiger partial charge on any atom is 0.353 e. The lowest BCUT2D eigenvalue weighted by Gasteiger charge is -2.61. The van der Waals surface area contributed by atoms with E-state index in [1.165, 1.54) is 30.3 Å². The zero-order valence-corrected chi connectivity index (χ0v) is 26.9. The van der Waals surface area contributed by atoms with Gasteiger partial charge in [-0.1, -0.05) is 66.7 Å². The third kappa shape index (κ3) is 5.29. The number of esters is 3. The van der Waals surface area contributed by atoms with Crippen molar-refractivity contribution < 1.29 is 58.6 Å². The maximum absolute atomic E-state index is 13.3. The van der Waals surface area contributed by atoms with Gasteiger partial charge >= 0.3 is 23.9 Å². The molecular weight excluding hydrogens is 650 g/mol. The Bertz CT molecular complexity index is 1880. The minimum Gasteiger partial charge on any atom is -0.504 e. The molecule has 1 fully saturated rings. The summed E-state index contributed by atoms with van der Waals surface area (Å²) < 4.78 is 22.6. The summed E-state index contributed by atoms with van der Waals surface area (Å²) in [5.74, 6) is -4.84. The number of carbonyl (C=O) groups excluding carboxylic acids is 3. The molecule has 1 saturated heterocycles. The standard InChI is InChI=1S/C37H35NO12/c1-38-17-16-36-28-22-12-13-23(39)31(28)49-32(36)25(14-15-37(36,46)26(38)18-22)47-34(44)24(40)19-27(41)48-30(21-10-6-3-7-11-21)35(45)50-29(33(42)43)20-8-4-2-5-9-20/h2-14,24,26,29-30,32,39-40,46H,15-19H2,1H3,(H,42,43)/t24-,26-,29-,30-,32-,36-,37+/m0/s1. The normalized spacial score (nSPS) is 26.3. The van der Waals surface area contributed by atoms with Gasteiger partial charge in [-0.3, -0.25) is 4.79 Å². The summed E-state index contributed by atoms with van der Waals surface area (Å²) in [7, 11) is 1.94. The molecule has 7 atom stereocenters. The SMILES string of the molecule is CN1CC[C@]23c4c5ccc(O)c4O[C@H]2C(OC(=O)[C@@H](O)CC(=O)O[C@H](C(=O)O[C@H](C(=O)O)c2ccccc2)c2ccccc2)=CC[C@@]3(O)[C@@H]1C5. The number of phenolic OH excluding ortho intramolecular Hbond substituents is 1. The summed E-state index contributed by atoms with van der Waals surface area (Å²) >= 11 is 0. The van der Waals surface area contributed by atoms with Gasteiger partial charge in [0.2, 0.25) is 12.2 Å². The number of carboxylic acid groups (broad SMARTS) is 1. The number of piperidine rings is 1. The molecule has 7 rings (SSSR count). The number of ether oxygens (including phenoxy) is 4. The number of benzene rings is 3. The number of aliphatic hydroxyl groups is 2. The molecule has 2 aliphatic heterocycles. The van der Waals surface area contributed by atoms with Gasteiger partial charge in [0.1, 0.15) is 5.76 Å². The van der Waals surface area contributed by atoms with Gasteiger partial charge in [0.15, 0.2) is 23.7 Å². The van der Waals surface area contributed by atoms with Gasteiger partial charge in [-0.25, -0.2) is 14.4 Å². The van der Waals surface area contributed by atoms with E-state index in [-0.39, 0.29) is 40.8 Å². The van der Waals surface area contributed by atoms with E-state index in [4.69, 9.17) is 18.9 Å². The number of aromatic hydroxyl groups is 1. The predicted molar refractivity (Wildman–Crippen MR) is 171 cm³/mol. The van der Waals surface area contributed by atoms with Gasteiger partial charge in [0.25, 0.3) is 0 Å². The summed E-state index contributed by atoms with van der Waals surface area (Å²) in [6.45, 7) is 0.612. The average Bonchev–Trinajstić information content (AvgIpc) is 3.47. The fourth-order valence-corrected chi connectivity index (χ4v) is 7.99. The number of aliphatic carboxylic acids is 1. The summed E-state index contributed by atoms with van der Waals surface area (Å²) in [5, 5.41) is 43.5. The Morgan fingerprint density at radius 1 is 0.940 bits per heavy atom. The third-order valence-electron chi connectivity index (χ3n) is 10.3. The highest BCUT2D eigenvalue weighted by atomic mass is 16.6. The number of rotatable bonds is 10. The van der Waals surface area contributed by atoms with Gasteiger partial charge < -0.3 is 44.3 Å². The van der Waals surface area contributed by atoms with Crippen molar-refractivity contribution in [1.29, 1.82) is 0 Å². The Morgan fingerprint density at radius 3 is 2.26 bits per heavy atom. The van der Waals surface area contributed by atoms with Crippen molar-refractivity contribution in [3.8, 4) is 11.5 Å². The number of hydrogen-bond donors (Lipinski definition) is 4. The highest BCUT2D eigenvalue weighted by Gasteiger charge is 2.72. The van der Waals surface area contributed by atoms with E-state index in [2.05, 4.69) is 4.90 Å². The average molecular weight is 686 g/mol. The second kappa shape index (κ2) is 12.6. The lowest BCUT2D eigenvalue weighted by molar-refractivity contribution is -0.180. The van der Waals surface area contributed by atoms with Crippen LogP contribution in [0.25, 0.3) is 0 Å².